The van der Waals surface area contributed by atoms with Crippen molar-refractivity contribution in [3.8, 4) is 0 Å². The zero-order valence-electron chi connectivity index (χ0n) is 12.6. The molecule has 0 aliphatic heterocycles. The molecule has 0 bridgehead atoms. The Labute approximate surface area is 131 Å². The highest BCUT2D eigenvalue weighted by Gasteiger charge is 2.08. The van der Waals surface area contributed by atoms with E-state index in [-0.39, 0.29) is 17.8 Å². The van der Waals surface area contributed by atoms with Gasteiger partial charge in [0.15, 0.2) is 0 Å². The molecule has 0 saturated carbocycles. The van der Waals surface area contributed by atoms with Gasteiger partial charge in [0.2, 0.25) is 5.91 Å². The monoisotopic (exact) mass is 316 g/mol. The minimum atomic E-state index is -0.519. The molecule has 2 aromatic rings. The topological polar surface area (TPSA) is 107 Å². The number of rotatable bonds is 6. The van der Waals surface area contributed by atoms with Crippen molar-refractivity contribution < 1.29 is 9.72 Å². The van der Waals surface area contributed by atoms with Gasteiger partial charge in [-0.2, -0.15) is 0 Å². The number of hydrogen-bond donors (Lipinski definition) is 1. The molecule has 1 amide bonds. The van der Waals surface area contributed by atoms with Gasteiger partial charge in [-0.15, -0.1) is 0 Å². The molecule has 0 fully saturated rings. The van der Waals surface area contributed by atoms with E-state index in [1.165, 1.54) is 41.2 Å². The summed E-state index contributed by atoms with van der Waals surface area (Å²) in [5.41, 5.74) is 0.769. The summed E-state index contributed by atoms with van der Waals surface area (Å²) in [6.07, 6.45) is 2.95. The molecule has 0 unspecified atom stereocenters. The van der Waals surface area contributed by atoms with Crippen LogP contribution in [0.4, 0.5) is 11.4 Å². The van der Waals surface area contributed by atoms with E-state index < -0.39 is 10.8 Å². The number of nitrogens with one attached hydrogen (secondary N) is 1. The Balaban J connectivity index is 2.02. The fraction of sp³-hybridized carbons (Fsp3) is 0.267. The number of aromatic nitrogens is 2. The Bertz CT molecular complexity index is 768. The van der Waals surface area contributed by atoms with Gasteiger partial charge < -0.3 is 5.32 Å². The van der Waals surface area contributed by atoms with Crippen LogP contribution >= 0.6 is 0 Å². The van der Waals surface area contributed by atoms with Crippen LogP contribution in [0.1, 0.15) is 19.0 Å². The Morgan fingerprint density at radius 3 is 2.61 bits per heavy atom. The lowest BCUT2D eigenvalue weighted by Gasteiger charge is -2.07. The number of carbonyl (C=O) groups is 1. The molecule has 1 heterocycles. The van der Waals surface area contributed by atoms with E-state index in [4.69, 9.17) is 0 Å². The van der Waals surface area contributed by atoms with E-state index in [1.54, 1.807) is 0 Å². The highest BCUT2D eigenvalue weighted by molar-refractivity contribution is 5.90. The van der Waals surface area contributed by atoms with Crippen LogP contribution in [0.15, 0.2) is 41.5 Å². The Hall–Kier alpha value is -3.03. The number of amides is 1. The van der Waals surface area contributed by atoms with Gasteiger partial charge >= 0.3 is 0 Å². The van der Waals surface area contributed by atoms with Crippen molar-refractivity contribution in [3.63, 3.8) is 0 Å². The fourth-order valence-corrected chi connectivity index (χ4v) is 2.00. The van der Waals surface area contributed by atoms with Gasteiger partial charge in [0.25, 0.3) is 11.2 Å². The maximum Gasteiger partial charge on any atom is 0.269 e. The predicted molar refractivity (Wildman–Crippen MR) is 84.2 cm³/mol. The van der Waals surface area contributed by atoms with Crippen molar-refractivity contribution in [2.75, 3.05) is 5.32 Å². The molecule has 0 radical (unpaired) electrons. The maximum absolute atomic E-state index is 11.9. The molecule has 0 atom stereocenters. The highest BCUT2D eigenvalue weighted by Crippen LogP contribution is 2.15. The molecular weight excluding hydrogens is 300 g/mol. The summed E-state index contributed by atoms with van der Waals surface area (Å²) in [6.45, 7) is 1.82. The lowest BCUT2D eigenvalue weighted by molar-refractivity contribution is -0.384. The van der Waals surface area contributed by atoms with E-state index >= 15 is 0 Å². The average molecular weight is 316 g/mol. The number of nitro benzene ring substituents is 1. The number of hydrogen-bond acceptors (Lipinski definition) is 5. The van der Waals surface area contributed by atoms with Gasteiger partial charge in [-0.05, 0) is 18.6 Å². The third-order valence-electron chi connectivity index (χ3n) is 3.12. The summed E-state index contributed by atoms with van der Waals surface area (Å²) in [5, 5.41) is 13.1. The highest BCUT2D eigenvalue weighted by atomic mass is 16.6. The lowest BCUT2D eigenvalue weighted by Crippen LogP contribution is -2.27. The molecule has 8 heteroatoms. The molecule has 8 nitrogen and oxygen atoms in total. The quantitative estimate of drug-likeness (QED) is 0.645. The van der Waals surface area contributed by atoms with Crippen LogP contribution in [0.5, 0.6) is 0 Å². The van der Waals surface area contributed by atoms with E-state index in [0.29, 0.717) is 17.8 Å². The Morgan fingerprint density at radius 2 is 2.04 bits per heavy atom. The summed E-state index contributed by atoms with van der Waals surface area (Å²) in [5.74, 6) is -0.411. The van der Waals surface area contributed by atoms with Crippen LogP contribution in [0.25, 0.3) is 0 Å². The third-order valence-corrected chi connectivity index (χ3v) is 3.12. The summed E-state index contributed by atoms with van der Waals surface area (Å²) < 4.78 is 1.21. The molecule has 1 N–H and O–H groups in total. The zero-order chi connectivity index (χ0) is 16.8. The van der Waals surface area contributed by atoms with Crippen LogP contribution in [0.2, 0.25) is 0 Å². The molecule has 0 saturated heterocycles. The summed E-state index contributed by atoms with van der Waals surface area (Å²) in [4.78, 5) is 38.0. The van der Waals surface area contributed by atoms with Crippen molar-refractivity contribution in [1.82, 2.24) is 9.55 Å². The molecule has 0 spiro atoms. The van der Waals surface area contributed by atoms with Crippen LogP contribution in [0, 0.1) is 10.1 Å². The molecular formula is C15H16N4O4. The van der Waals surface area contributed by atoms with Crippen molar-refractivity contribution >= 4 is 17.3 Å². The number of aryl methyl sites for hydroxylation is 1. The second-order valence-electron chi connectivity index (χ2n) is 4.95. The van der Waals surface area contributed by atoms with Crippen LogP contribution in [0.3, 0.4) is 0 Å². The standard InChI is InChI=1S/C15H16N4O4/c1-2-3-12-8-15(21)18(10-16-12)9-14(20)17-11-4-6-13(7-5-11)19(22)23/h4-8,10H,2-3,9H2,1H3,(H,17,20). The van der Waals surface area contributed by atoms with Crippen LogP contribution in [-0.2, 0) is 17.8 Å². The predicted octanol–water partition coefficient (Wildman–Crippen LogP) is 1.74. The van der Waals surface area contributed by atoms with E-state index in [9.17, 15) is 19.7 Å². The second kappa shape index (κ2) is 7.30. The normalized spacial score (nSPS) is 10.3. The summed E-state index contributed by atoms with van der Waals surface area (Å²) in [7, 11) is 0. The largest absolute Gasteiger partial charge is 0.325 e. The van der Waals surface area contributed by atoms with Gasteiger partial charge in [-0.3, -0.25) is 24.3 Å². The summed E-state index contributed by atoms with van der Waals surface area (Å²) >= 11 is 0. The maximum atomic E-state index is 11.9. The third kappa shape index (κ3) is 4.47. The van der Waals surface area contributed by atoms with Gasteiger partial charge in [-0.25, -0.2) is 4.98 Å². The van der Waals surface area contributed by atoms with Gasteiger partial charge in [0, 0.05) is 29.6 Å². The summed E-state index contributed by atoms with van der Waals surface area (Å²) in [6, 6.07) is 6.87. The molecule has 23 heavy (non-hydrogen) atoms. The van der Waals surface area contributed by atoms with Crippen molar-refractivity contribution in [3.05, 3.63) is 62.8 Å². The number of benzene rings is 1. The van der Waals surface area contributed by atoms with Gasteiger partial charge in [0.1, 0.15) is 6.54 Å². The molecule has 1 aromatic heterocycles. The van der Waals surface area contributed by atoms with Gasteiger partial charge in [0.05, 0.1) is 11.3 Å². The number of carbonyl (C=O) groups excluding carboxylic acids is 1. The minimum Gasteiger partial charge on any atom is -0.325 e. The molecule has 1 aromatic carbocycles. The van der Waals surface area contributed by atoms with E-state index in [1.807, 2.05) is 6.92 Å². The smallest absolute Gasteiger partial charge is 0.269 e. The van der Waals surface area contributed by atoms with Gasteiger partial charge in [-0.1, -0.05) is 13.3 Å². The first-order chi connectivity index (χ1) is 11.0. The Morgan fingerprint density at radius 1 is 1.35 bits per heavy atom. The van der Waals surface area contributed by atoms with E-state index in [0.717, 1.165) is 6.42 Å². The molecule has 0 aliphatic rings. The fourth-order valence-electron chi connectivity index (χ4n) is 2.00. The first-order valence-corrected chi connectivity index (χ1v) is 7.09. The molecule has 120 valence electrons. The number of non-ortho nitro benzene ring substituents is 1. The van der Waals surface area contributed by atoms with E-state index in [2.05, 4.69) is 10.3 Å². The molecule has 2 rings (SSSR count). The second-order valence-corrected chi connectivity index (χ2v) is 4.95. The van der Waals surface area contributed by atoms with Crippen LogP contribution < -0.4 is 10.9 Å². The first-order valence-electron chi connectivity index (χ1n) is 7.09. The molecule has 0 aliphatic carbocycles. The number of anilines is 1. The van der Waals surface area contributed by atoms with Crippen molar-refractivity contribution in [2.45, 2.75) is 26.3 Å². The number of nitro groups is 1. The van der Waals surface area contributed by atoms with Crippen LogP contribution in [-0.4, -0.2) is 20.4 Å². The zero-order valence-corrected chi connectivity index (χ0v) is 12.6. The minimum absolute atomic E-state index is 0.0602. The first kappa shape index (κ1) is 16.3. The Kier molecular flexibility index (Phi) is 5.19. The van der Waals surface area contributed by atoms with Crippen molar-refractivity contribution in [2.24, 2.45) is 0 Å². The average Bonchev–Trinajstić information content (AvgIpc) is 2.51. The number of nitrogens with zero attached hydrogens (tertiary/aromatic N) is 3. The van der Waals surface area contributed by atoms with Crippen molar-refractivity contribution in [1.29, 1.82) is 0 Å². The lowest BCUT2D eigenvalue weighted by atomic mass is 10.2. The SMILES string of the molecule is CCCc1cc(=O)n(CC(=O)Nc2ccc([N+](=O)[O-])cc2)cn1.